The first-order chi connectivity index (χ1) is 12.7. The molecule has 1 fully saturated rings. The summed E-state index contributed by atoms with van der Waals surface area (Å²) in [4.78, 5) is 11.4. The second kappa shape index (κ2) is 7.11. The molecule has 26 heavy (non-hydrogen) atoms. The topological polar surface area (TPSA) is 62.3 Å². The van der Waals surface area contributed by atoms with E-state index in [-0.39, 0.29) is 5.41 Å². The number of hydrogen-bond donors (Lipinski definition) is 2. The standard InChI is InChI=1S/C20H27N5O/c1-25(2)19-23-17-12-21-11-8-16(17)18(24-19)22-13-20(9-10-20)14-26-15-6-4-3-5-7-15/h3-7,21H,8-14H2,1-2H3,(H,22,23,24). The summed E-state index contributed by atoms with van der Waals surface area (Å²) in [6, 6.07) is 10.1. The molecule has 0 atom stereocenters. The second-order valence-corrected chi connectivity index (χ2v) is 7.57. The van der Waals surface area contributed by atoms with Crippen molar-refractivity contribution in [2.75, 3.05) is 44.0 Å². The molecule has 1 aromatic carbocycles. The first-order valence-corrected chi connectivity index (χ1v) is 9.35. The first kappa shape index (κ1) is 17.1. The SMILES string of the molecule is CN(C)c1nc2c(c(NCC3(COc4ccccc4)CC3)n1)CCNC2. The molecule has 0 saturated heterocycles. The van der Waals surface area contributed by atoms with Crippen LogP contribution in [0.4, 0.5) is 11.8 Å². The molecule has 2 N–H and O–H groups in total. The lowest BCUT2D eigenvalue weighted by Crippen LogP contribution is -2.29. The molecule has 4 rings (SSSR count). The van der Waals surface area contributed by atoms with Gasteiger partial charge in [-0.1, -0.05) is 18.2 Å². The van der Waals surface area contributed by atoms with Crippen molar-refractivity contribution in [3.63, 3.8) is 0 Å². The van der Waals surface area contributed by atoms with Gasteiger partial charge in [0.05, 0.1) is 12.3 Å². The summed E-state index contributed by atoms with van der Waals surface area (Å²) in [5, 5.41) is 7.02. The predicted molar refractivity (Wildman–Crippen MR) is 104 cm³/mol. The lowest BCUT2D eigenvalue weighted by molar-refractivity contribution is 0.242. The van der Waals surface area contributed by atoms with Gasteiger partial charge >= 0.3 is 0 Å². The van der Waals surface area contributed by atoms with Crippen LogP contribution in [0.5, 0.6) is 5.75 Å². The average Bonchev–Trinajstić information content (AvgIpc) is 3.45. The number of aromatic nitrogens is 2. The number of anilines is 2. The summed E-state index contributed by atoms with van der Waals surface area (Å²) in [6.07, 6.45) is 3.36. The molecule has 6 nitrogen and oxygen atoms in total. The van der Waals surface area contributed by atoms with E-state index in [0.29, 0.717) is 0 Å². The Hall–Kier alpha value is -2.34. The fourth-order valence-corrected chi connectivity index (χ4v) is 3.27. The van der Waals surface area contributed by atoms with E-state index < -0.39 is 0 Å². The molecular formula is C20H27N5O. The second-order valence-electron chi connectivity index (χ2n) is 7.57. The van der Waals surface area contributed by atoms with Crippen molar-refractivity contribution < 1.29 is 4.74 Å². The Morgan fingerprint density at radius 2 is 2.00 bits per heavy atom. The van der Waals surface area contributed by atoms with Crippen LogP contribution in [0.25, 0.3) is 0 Å². The molecule has 2 aliphatic rings. The van der Waals surface area contributed by atoms with Crippen molar-refractivity contribution in [3.8, 4) is 5.75 Å². The number of para-hydroxylation sites is 1. The molecule has 0 bridgehead atoms. The molecule has 0 spiro atoms. The summed E-state index contributed by atoms with van der Waals surface area (Å²) in [5.74, 6) is 2.70. The highest BCUT2D eigenvalue weighted by Crippen LogP contribution is 2.46. The van der Waals surface area contributed by atoms with Crippen molar-refractivity contribution >= 4 is 11.8 Å². The van der Waals surface area contributed by atoms with Gasteiger partial charge in [-0.05, 0) is 37.9 Å². The van der Waals surface area contributed by atoms with Crippen LogP contribution in [-0.4, -0.2) is 43.8 Å². The molecule has 1 aliphatic carbocycles. The molecule has 2 heterocycles. The highest BCUT2D eigenvalue weighted by molar-refractivity contribution is 5.52. The van der Waals surface area contributed by atoms with E-state index in [0.717, 1.165) is 55.9 Å². The number of rotatable bonds is 7. The van der Waals surface area contributed by atoms with Gasteiger partial charge in [0.2, 0.25) is 5.95 Å². The molecule has 6 heteroatoms. The Bertz CT molecular complexity index is 758. The van der Waals surface area contributed by atoms with E-state index in [1.54, 1.807) is 0 Å². The Labute approximate surface area is 155 Å². The van der Waals surface area contributed by atoms with Gasteiger partial charge in [0.1, 0.15) is 11.6 Å². The molecule has 138 valence electrons. The van der Waals surface area contributed by atoms with Gasteiger partial charge in [-0.2, -0.15) is 4.98 Å². The zero-order chi connectivity index (χ0) is 18.0. The summed E-state index contributed by atoms with van der Waals surface area (Å²) in [6.45, 7) is 3.44. The van der Waals surface area contributed by atoms with E-state index in [1.807, 2.05) is 49.3 Å². The summed E-state index contributed by atoms with van der Waals surface area (Å²) >= 11 is 0. The van der Waals surface area contributed by atoms with Crippen molar-refractivity contribution in [1.82, 2.24) is 15.3 Å². The lowest BCUT2D eigenvalue weighted by Gasteiger charge is -2.24. The van der Waals surface area contributed by atoms with E-state index in [1.165, 1.54) is 18.4 Å². The van der Waals surface area contributed by atoms with Gasteiger partial charge < -0.3 is 20.3 Å². The van der Waals surface area contributed by atoms with Crippen molar-refractivity contribution in [2.45, 2.75) is 25.8 Å². The van der Waals surface area contributed by atoms with Crippen LogP contribution in [-0.2, 0) is 13.0 Å². The van der Waals surface area contributed by atoms with E-state index >= 15 is 0 Å². The minimum absolute atomic E-state index is 0.221. The molecular weight excluding hydrogens is 326 g/mol. The van der Waals surface area contributed by atoms with E-state index in [4.69, 9.17) is 14.7 Å². The molecule has 1 aliphatic heterocycles. The number of benzene rings is 1. The van der Waals surface area contributed by atoms with Crippen LogP contribution in [0.2, 0.25) is 0 Å². The van der Waals surface area contributed by atoms with Crippen LogP contribution in [0.15, 0.2) is 30.3 Å². The quantitative estimate of drug-likeness (QED) is 0.797. The van der Waals surface area contributed by atoms with E-state index in [2.05, 4.69) is 10.6 Å². The van der Waals surface area contributed by atoms with Crippen LogP contribution < -0.4 is 20.3 Å². The Kier molecular flexibility index (Phi) is 4.68. The van der Waals surface area contributed by atoms with Crippen LogP contribution in [0.3, 0.4) is 0 Å². The van der Waals surface area contributed by atoms with Gasteiger partial charge in [0, 0.05) is 38.2 Å². The maximum absolute atomic E-state index is 6.01. The number of nitrogens with one attached hydrogen (secondary N) is 2. The molecule has 1 aromatic heterocycles. The van der Waals surface area contributed by atoms with Gasteiger partial charge in [-0.25, -0.2) is 4.98 Å². The summed E-state index contributed by atoms with van der Waals surface area (Å²) in [7, 11) is 3.97. The smallest absolute Gasteiger partial charge is 0.227 e. The van der Waals surface area contributed by atoms with Crippen LogP contribution >= 0.6 is 0 Å². The number of ether oxygens (including phenoxy) is 1. The zero-order valence-electron chi connectivity index (χ0n) is 15.6. The minimum Gasteiger partial charge on any atom is -0.493 e. The van der Waals surface area contributed by atoms with Crippen LogP contribution in [0, 0.1) is 5.41 Å². The Morgan fingerprint density at radius 1 is 1.19 bits per heavy atom. The monoisotopic (exact) mass is 353 g/mol. The van der Waals surface area contributed by atoms with Gasteiger partial charge in [-0.3, -0.25) is 0 Å². The van der Waals surface area contributed by atoms with Crippen molar-refractivity contribution in [2.24, 2.45) is 5.41 Å². The third-order valence-corrected chi connectivity index (χ3v) is 5.20. The zero-order valence-corrected chi connectivity index (χ0v) is 15.6. The Balaban J connectivity index is 1.44. The third kappa shape index (κ3) is 3.75. The maximum Gasteiger partial charge on any atom is 0.227 e. The van der Waals surface area contributed by atoms with E-state index in [9.17, 15) is 0 Å². The molecule has 0 radical (unpaired) electrons. The summed E-state index contributed by atoms with van der Waals surface area (Å²) in [5.41, 5.74) is 2.59. The molecule has 0 amide bonds. The summed E-state index contributed by atoms with van der Waals surface area (Å²) < 4.78 is 6.01. The first-order valence-electron chi connectivity index (χ1n) is 9.35. The average molecular weight is 353 g/mol. The molecule has 1 saturated carbocycles. The largest absolute Gasteiger partial charge is 0.493 e. The number of fused-ring (bicyclic) bond motifs is 1. The molecule has 0 unspecified atom stereocenters. The van der Waals surface area contributed by atoms with Crippen molar-refractivity contribution in [3.05, 3.63) is 41.6 Å². The maximum atomic E-state index is 6.01. The lowest BCUT2D eigenvalue weighted by atomic mass is 10.1. The fraction of sp³-hybridized carbons (Fsp3) is 0.500. The minimum atomic E-state index is 0.221. The highest BCUT2D eigenvalue weighted by atomic mass is 16.5. The predicted octanol–water partition coefficient (Wildman–Crippen LogP) is 2.46. The fourth-order valence-electron chi connectivity index (χ4n) is 3.27. The third-order valence-electron chi connectivity index (χ3n) is 5.20. The molecule has 2 aromatic rings. The number of hydrogen-bond acceptors (Lipinski definition) is 6. The normalized spacial score (nSPS) is 17.3. The highest BCUT2D eigenvalue weighted by Gasteiger charge is 2.43. The van der Waals surface area contributed by atoms with Crippen LogP contribution in [0.1, 0.15) is 24.1 Å². The number of nitrogens with zero attached hydrogens (tertiary/aromatic N) is 3. The van der Waals surface area contributed by atoms with Gasteiger partial charge in [0.15, 0.2) is 0 Å². The van der Waals surface area contributed by atoms with Gasteiger partial charge in [0.25, 0.3) is 0 Å². The Morgan fingerprint density at radius 3 is 2.73 bits per heavy atom. The van der Waals surface area contributed by atoms with Crippen molar-refractivity contribution in [1.29, 1.82) is 0 Å². The van der Waals surface area contributed by atoms with Gasteiger partial charge in [-0.15, -0.1) is 0 Å².